The molecular formula is C11H11NO2. The Labute approximate surface area is 82.9 Å². The summed E-state index contributed by atoms with van der Waals surface area (Å²) in [4.78, 5) is 11.2. The number of carbonyl (C=O) groups excluding carboxylic acids is 1. The zero-order valence-corrected chi connectivity index (χ0v) is 8.13. The molecule has 0 aliphatic rings. The van der Waals surface area contributed by atoms with Crippen molar-refractivity contribution in [3.05, 3.63) is 28.8 Å². The number of nitrogens with two attached hydrogens (primary N) is 1. The first-order valence-electron chi connectivity index (χ1n) is 4.05. The fourth-order valence-electron chi connectivity index (χ4n) is 1.17. The predicted octanol–water partition coefficient (Wildman–Crippen LogP) is 1.35. The van der Waals surface area contributed by atoms with Crippen LogP contribution in [0.5, 0.6) is 0 Å². The quantitative estimate of drug-likeness (QED) is 0.412. The summed E-state index contributed by atoms with van der Waals surface area (Å²) in [5.41, 5.74) is 7.89. The third kappa shape index (κ3) is 1.55. The zero-order valence-electron chi connectivity index (χ0n) is 8.13. The van der Waals surface area contributed by atoms with Crippen molar-refractivity contribution in [3.8, 4) is 12.3 Å². The highest BCUT2D eigenvalue weighted by Gasteiger charge is 2.12. The number of hydrogen-bond donors (Lipinski definition) is 1. The molecule has 0 atom stereocenters. The molecule has 0 saturated heterocycles. The largest absolute Gasteiger partial charge is 0.465 e. The van der Waals surface area contributed by atoms with E-state index in [-0.39, 0.29) is 0 Å². The van der Waals surface area contributed by atoms with Gasteiger partial charge in [-0.3, -0.25) is 0 Å². The third-order valence-electron chi connectivity index (χ3n) is 2.08. The van der Waals surface area contributed by atoms with Gasteiger partial charge in [-0.25, -0.2) is 4.79 Å². The summed E-state index contributed by atoms with van der Waals surface area (Å²) in [5, 5.41) is 0. The van der Waals surface area contributed by atoms with Crippen LogP contribution < -0.4 is 5.73 Å². The molecule has 3 heteroatoms. The van der Waals surface area contributed by atoms with Crippen LogP contribution in [0, 0.1) is 19.3 Å². The number of anilines is 1. The second kappa shape index (κ2) is 3.84. The zero-order chi connectivity index (χ0) is 10.7. The van der Waals surface area contributed by atoms with E-state index in [1.54, 1.807) is 19.1 Å². The number of rotatable bonds is 1. The molecule has 0 heterocycles. The minimum absolute atomic E-state index is 0.351. The molecule has 0 bridgehead atoms. The van der Waals surface area contributed by atoms with Crippen molar-refractivity contribution in [1.29, 1.82) is 0 Å². The first-order chi connectivity index (χ1) is 6.61. The van der Waals surface area contributed by atoms with Crippen LogP contribution in [0.1, 0.15) is 21.5 Å². The van der Waals surface area contributed by atoms with E-state index >= 15 is 0 Å². The van der Waals surface area contributed by atoms with E-state index in [9.17, 15) is 4.79 Å². The summed E-state index contributed by atoms with van der Waals surface area (Å²) in [6.07, 6.45) is 5.26. The average Bonchev–Trinajstić information content (AvgIpc) is 2.21. The van der Waals surface area contributed by atoms with Gasteiger partial charge in [0.25, 0.3) is 0 Å². The summed E-state index contributed by atoms with van der Waals surface area (Å²) in [6.45, 7) is 1.77. The first kappa shape index (κ1) is 10.1. The molecule has 72 valence electrons. The Kier molecular flexibility index (Phi) is 2.78. The highest BCUT2D eigenvalue weighted by atomic mass is 16.5. The number of esters is 1. The Morgan fingerprint density at radius 2 is 2.21 bits per heavy atom. The molecule has 0 radical (unpaired) electrons. The lowest BCUT2D eigenvalue weighted by Crippen LogP contribution is -2.07. The molecule has 0 spiro atoms. The van der Waals surface area contributed by atoms with E-state index in [1.807, 2.05) is 0 Å². The lowest BCUT2D eigenvalue weighted by Gasteiger charge is -2.07. The summed E-state index contributed by atoms with van der Waals surface area (Å²) in [7, 11) is 1.31. The minimum atomic E-state index is -0.450. The maximum Gasteiger partial charge on any atom is 0.339 e. The number of methoxy groups -OCH3 is 1. The van der Waals surface area contributed by atoms with Crippen LogP contribution in [0.3, 0.4) is 0 Å². The smallest absolute Gasteiger partial charge is 0.339 e. The maximum absolute atomic E-state index is 11.2. The van der Waals surface area contributed by atoms with Crippen molar-refractivity contribution < 1.29 is 9.53 Å². The second-order valence-corrected chi connectivity index (χ2v) is 2.84. The molecule has 1 aromatic rings. The SMILES string of the molecule is C#Cc1ccc(C(=O)OC)c(N)c1C. The minimum Gasteiger partial charge on any atom is -0.465 e. The van der Waals surface area contributed by atoms with Gasteiger partial charge in [0.15, 0.2) is 0 Å². The Bertz CT molecular complexity index is 416. The molecular weight excluding hydrogens is 178 g/mol. The van der Waals surface area contributed by atoms with Crippen molar-refractivity contribution in [1.82, 2.24) is 0 Å². The Balaban J connectivity index is 3.33. The number of terminal acetylenes is 1. The summed E-state index contributed by atoms with van der Waals surface area (Å²) >= 11 is 0. The predicted molar refractivity (Wildman–Crippen MR) is 54.9 cm³/mol. The molecule has 0 aliphatic heterocycles. The van der Waals surface area contributed by atoms with E-state index in [4.69, 9.17) is 12.2 Å². The monoisotopic (exact) mass is 189 g/mol. The molecule has 0 unspecified atom stereocenters. The van der Waals surface area contributed by atoms with Gasteiger partial charge in [0.1, 0.15) is 0 Å². The van der Waals surface area contributed by atoms with Gasteiger partial charge >= 0.3 is 5.97 Å². The van der Waals surface area contributed by atoms with Crippen LogP contribution in [-0.2, 0) is 4.74 Å². The molecule has 0 aliphatic carbocycles. The van der Waals surface area contributed by atoms with Crippen LogP contribution in [0.25, 0.3) is 0 Å². The van der Waals surface area contributed by atoms with Crippen LogP contribution in [0.2, 0.25) is 0 Å². The normalized spacial score (nSPS) is 9.21. The molecule has 1 aromatic carbocycles. The molecule has 3 nitrogen and oxygen atoms in total. The molecule has 0 amide bonds. The number of benzene rings is 1. The van der Waals surface area contributed by atoms with Crippen LogP contribution >= 0.6 is 0 Å². The lowest BCUT2D eigenvalue weighted by molar-refractivity contribution is 0.0602. The van der Waals surface area contributed by atoms with Crippen LogP contribution in [-0.4, -0.2) is 13.1 Å². The van der Waals surface area contributed by atoms with Gasteiger partial charge in [-0.1, -0.05) is 5.92 Å². The molecule has 0 fully saturated rings. The fraction of sp³-hybridized carbons (Fsp3) is 0.182. The standard InChI is InChI=1S/C11H11NO2/c1-4-8-5-6-9(11(13)14-3)10(12)7(8)2/h1,5-6H,12H2,2-3H3. The van der Waals surface area contributed by atoms with Gasteiger partial charge in [0.2, 0.25) is 0 Å². The van der Waals surface area contributed by atoms with E-state index in [0.29, 0.717) is 16.8 Å². The van der Waals surface area contributed by atoms with Crippen LogP contribution in [0.4, 0.5) is 5.69 Å². The van der Waals surface area contributed by atoms with Crippen molar-refractivity contribution in [2.45, 2.75) is 6.92 Å². The van der Waals surface area contributed by atoms with Gasteiger partial charge in [0.05, 0.1) is 18.4 Å². The van der Waals surface area contributed by atoms with Crippen LogP contribution in [0.15, 0.2) is 12.1 Å². The summed E-state index contributed by atoms with van der Waals surface area (Å²) in [5.74, 6) is 2.04. The summed E-state index contributed by atoms with van der Waals surface area (Å²) in [6, 6.07) is 3.25. The molecule has 0 saturated carbocycles. The maximum atomic E-state index is 11.2. The lowest BCUT2D eigenvalue weighted by atomic mass is 10.0. The summed E-state index contributed by atoms with van der Waals surface area (Å²) < 4.78 is 4.58. The van der Waals surface area contributed by atoms with E-state index in [1.165, 1.54) is 7.11 Å². The average molecular weight is 189 g/mol. The molecule has 0 aromatic heterocycles. The molecule has 1 rings (SSSR count). The molecule has 14 heavy (non-hydrogen) atoms. The van der Waals surface area contributed by atoms with Crippen molar-refractivity contribution in [2.75, 3.05) is 12.8 Å². The van der Waals surface area contributed by atoms with Crippen molar-refractivity contribution in [2.24, 2.45) is 0 Å². The third-order valence-corrected chi connectivity index (χ3v) is 2.08. The topological polar surface area (TPSA) is 52.3 Å². The highest BCUT2D eigenvalue weighted by molar-refractivity contribution is 5.96. The molecule has 2 N–H and O–H groups in total. The second-order valence-electron chi connectivity index (χ2n) is 2.84. The van der Waals surface area contributed by atoms with E-state index in [2.05, 4.69) is 10.7 Å². The first-order valence-corrected chi connectivity index (χ1v) is 4.05. The number of hydrogen-bond acceptors (Lipinski definition) is 3. The van der Waals surface area contributed by atoms with Gasteiger partial charge in [-0.15, -0.1) is 6.42 Å². The number of carbonyl (C=O) groups is 1. The number of nitrogen functional groups attached to an aromatic ring is 1. The van der Waals surface area contributed by atoms with Gasteiger partial charge in [-0.2, -0.15) is 0 Å². The van der Waals surface area contributed by atoms with Gasteiger partial charge in [-0.05, 0) is 24.6 Å². The van der Waals surface area contributed by atoms with E-state index < -0.39 is 5.97 Å². The Hall–Kier alpha value is -1.95. The highest BCUT2D eigenvalue weighted by Crippen LogP contribution is 2.20. The van der Waals surface area contributed by atoms with Crippen molar-refractivity contribution >= 4 is 11.7 Å². The fourth-order valence-corrected chi connectivity index (χ4v) is 1.17. The Morgan fingerprint density at radius 3 is 2.71 bits per heavy atom. The van der Waals surface area contributed by atoms with Crippen molar-refractivity contribution in [3.63, 3.8) is 0 Å². The van der Waals surface area contributed by atoms with Gasteiger partial charge in [0, 0.05) is 5.56 Å². The van der Waals surface area contributed by atoms with Gasteiger partial charge < -0.3 is 10.5 Å². The number of ether oxygens (including phenoxy) is 1. The Morgan fingerprint density at radius 1 is 1.57 bits per heavy atom. The van der Waals surface area contributed by atoms with E-state index in [0.717, 1.165) is 5.56 Å².